The van der Waals surface area contributed by atoms with Crippen LogP contribution < -0.4 is 18.9 Å². The van der Waals surface area contributed by atoms with E-state index in [0.29, 0.717) is 35.6 Å². The second-order valence-electron chi connectivity index (χ2n) is 8.73. The highest BCUT2D eigenvalue weighted by atomic mass is 16.5. The molecule has 6 heteroatoms. The van der Waals surface area contributed by atoms with Crippen LogP contribution in [0.5, 0.6) is 23.0 Å². The molecule has 0 bridgehead atoms. The first-order chi connectivity index (χ1) is 15.6. The number of Topliss-reactive ketones (excluding diaryl/α,β-unsaturated/α-hetero) is 1. The first-order valence-corrected chi connectivity index (χ1v) is 11.3. The highest BCUT2D eigenvalue weighted by Crippen LogP contribution is 2.44. The molecule has 3 aliphatic rings. The Bertz CT molecular complexity index is 1080. The molecule has 32 heavy (non-hydrogen) atoms. The lowest BCUT2D eigenvalue weighted by Crippen LogP contribution is -2.41. The van der Waals surface area contributed by atoms with Gasteiger partial charge in [0.2, 0.25) is 5.78 Å². The first-order valence-electron chi connectivity index (χ1n) is 11.3. The van der Waals surface area contributed by atoms with Crippen LogP contribution in [-0.4, -0.2) is 37.7 Å². The molecule has 0 unspecified atom stereocenters. The smallest absolute Gasteiger partial charge is 0.231 e. The predicted molar refractivity (Wildman–Crippen MR) is 122 cm³/mol. The van der Waals surface area contributed by atoms with Crippen LogP contribution in [0.1, 0.15) is 59.2 Å². The predicted octanol–water partition coefficient (Wildman–Crippen LogP) is 5.11. The molecule has 0 amide bonds. The molecule has 0 atom stereocenters. The minimum atomic E-state index is -0.120. The highest BCUT2D eigenvalue weighted by Gasteiger charge is 2.35. The number of ketones is 1. The lowest BCUT2D eigenvalue weighted by atomic mass is 9.93. The number of methoxy groups -OCH3 is 2. The van der Waals surface area contributed by atoms with Gasteiger partial charge < -0.3 is 18.9 Å². The van der Waals surface area contributed by atoms with Crippen molar-refractivity contribution in [1.29, 1.82) is 0 Å². The van der Waals surface area contributed by atoms with E-state index in [4.69, 9.17) is 18.9 Å². The molecule has 0 aromatic heterocycles. The van der Waals surface area contributed by atoms with E-state index in [-0.39, 0.29) is 11.5 Å². The summed E-state index contributed by atoms with van der Waals surface area (Å²) in [6.45, 7) is 3.37. The van der Waals surface area contributed by atoms with Crippen LogP contribution in [0.15, 0.2) is 30.0 Å². The summed E-state index contributed by atoms with van der Waals surface area (Å²) in [5.74, 6) is 2.93. The van der Waals surface area contributed by atoms with Gasteiger partial charge in [-0.1, -0.05) is 19.3 Å². The molecule has 1 fully saturated rings. The minimum Gasteiger partial charge on any atom is -0.497 e. The molecule has 168 valence electrons. The van der Waals surface area contributed by atoms with Crippen molar-refractivity contribution in [3.05, 3.63) is 52.3 Å². The Balaban J connectivity index is 1.46. The molecule has 0 N–H and O–H groups in total. The summed E-state index contributed by atoms with van der Waals surface area (Å²) >= 11 is 0. The number of carbonyl (C=O) groups excluding carboxylic acids is 1. The van der Waals surface area contributed by atoms with Crippen LogP contribution in [0.3, 0.4) is 0 Å². The first kappa shape index (κ1) is 20.9. The quantitative estimate of drug-likeness (QED) is 0.622. The average Bonchev–Trinajstić information content (AvgIpc) is 3.14. The van der Waals surface area contributed by atoms with E-state index >= 15 is 0 Å². The van der Waals surface area contributed by atoms with Crippen LogP contribution in [0, 0.1) is 6.92 Å². The van der Waals surface area contributed by atoms with Crippen molar-refractivity contribution in [2.45, 2.75) is 51.6 Å². The minimum absolute atomic E-state index is 0.120. The molecule has 0 radical (unpaired) electrons. The van der Waals surface area contributed by atoms with E-state index in [9.17, 15) is 4.79 Å². The van der Waals surface area contributed by atoms with Crippen LogP contribution in [0.2, 0.25) is 0 Å². The van der Waals surface area contributed by atoms with Crippen LogP contribution in [-0.2, 0) is 6.54 Å². The normalized spacial score (nSPS) is 19.8. The fourth-order valence-electron chi connectivity index (χ4n) is 5.04. The zero-order valence-corrected chi connectivity index (χ0v) is 18.9. The molecule has 5 rings (SSSR count). The SMILES string of the molecule is COc1ccc(OC)c(/C=C2\Oc3c(cc4c(c3C)OCN(C3CCCCC3)C4)C2=O)c1. The number of ether oxygens (including phenoxy) is 4. The van der Waals surface area contributed by atoms with Crippen LogP contribution in [0.4, 0.5) is 0 Å². The molecule has 6 nitrogen and oxygen atoms in total. The van der Waals surface area contributed by atoms with Crippen molar-refractivity contribution >= 4 is 11.9 Å². The van der Waals surface area contributed by atoms with Gasteiger partial charge in [0, 0.05) is 29.3 Å². The van der Waals surface area contributed by atoms with Gasteiger partial charge in [-0.05, 0) is 50.1 Å². The van der Waals surface area contributed by atoms with E-state index in [2.05, 4.69) is 4.90 Å². The highest BCUT2D eigenvalue weighted by molar-refractivity contribution is 6.15. The summed E-state index contributed by atoms with van der Waals surface area (Å²) in [4.78, 5) is 15.7. The van der Waals surface area contributed by atoms with Gasteiger partial charge >= 0.3 is 0 Å². The summed E-state index contributed by atoms with van der Waals surface area (Å²) in [6, 6.07) is 7.98. The van der Waals surface area contributed by atoms with E-state index in [1.54, 1.807) is 20.3 Å². The summed E-state index contributed by atoms with van der Waals surface area (Å²) in [5, 5.41) is 0. The molecule has 2 aromatic carbocycles. The Labute approximate surface area is 188 Å². The summed E-state index contributed by atoms with van der Waals surface area (Å²) in [5.41, 5.74) is 3.28. The Kier molecular flexibility index (Phi) is 5.55. The molecule has 1 saturated carbocycles. The van der Waals surface area contributed by atoms with Crippen molar-refractivity contribution in [1.82, 2.24) is 4.90 Å². The fourth-order valence-corrected chi connectivity index (χ4v) is 5.04. The number of benzene rings is 2. The third-order valence-electron chi connectivity index (χ3n) is 6.78. The van der Waals surface area contributed by atoms with Crippen LogP contribution >= 0.6 is 0 Å². The Morgan fingerprint density at radius 1 is 1.06 bits per heavy atom. The standard InChI is InChI=1S/C26H29NO5/c1-16-25-18(14-27(15-31-25)19-7-5-4-6-8-19)12-21-24(28)23(32-26(16)21)13-17-11-20(29-2)9-10-22(17)30-3/h9-13,19H,4-8,14-15H2,1-3H3/b23-13-. The average molecular weight is 436 g/mol. The molecule has 2 aliphatic heterocycles. The lowest BCUT2D eigenvalue weighted by Gasteiger charge is -2.37. The number of rotatable bonds is 4. The summed E-state index contributed by atoms with van der Waals surface area (Å²) in [7, 11) is 3.21. The van der Waals surface area contributed by atoms with E-state index in [1.165, 1.54) is 32.1 Å². The molecule has 0 saturated heterocycles. The zero-order chi connectivity index (χ0) is 22.2. The summed E-state index contributed by atoms with van der Waals surface area (Å²) < 4.78 is 23.0. The molecule has 0 spiro atoms. The monoisotopic (exact) mass is 435 g/mol. The molecule has 2 aromatic rings. The maximum Gasteiger partial charge on any atom is 0.231 e. The molecular formula is C26H29NO5. The van der Waals surface area contributed by atoms with Crippen LogP contribution in [0.25, 0.3) is 6.08 Å². The number of fused-ring (bicyclic) bond motifs is 2. The number of hydrogen-bond acceptors (Lipinski definition) is 6. The van der Waals surface area contributed by atoms with Crippen molar-refractivity contribution in [2.24, 2.45) is 0 Å². The van der Waals surface area contributed by atoms with Crippen molar-refractivity contribution in [3.8, 4) is 23.0 Å². The van der Waals surface area contributed by atoms with Gasteiger partial charge in [-0.3, -0.25) is 9.69 Å². The second-order valence-corrected chi connectivity index (χ2v) is 8.73. The Hall–Kier alpha value is -2.99. The second kappa shape index (κ2) is 8.51. The van der Waals surface area contributed by atoms with Gasteiger partial charge in [-0.25, -0.2) is 0 Å². The maximum absolute atomic E-state index is 13.3. The molecular weight excluding hydrogens is 406 g/mol. The largest absolute Gasteiger partial charge is 0.497 e. The van der Waals surface area contributed by atoms with E-state index in [0.717, 1.165) is 29.0 Å². The van der Waals surface area contributed by atoms with Crippen molar-refractivity contribution in [2.75, 3.05) is 21.0 Å². The van der Waals surface area contributed by atoms with Gasteiger partial charge in [0.05, 0.1) is 19.8 Å². The topological polar surface area (TPSA) is 57.2 Å². The summed E-state index contributed by atoms with van der Waals surface area (Å²) in [6.07, 6.45) is 8.06. The van der Waals surface area contributed by atoms with Gasteiger partial charge in [0.1, 0.15) is 29.7 Å². The molecule has 1 aliphatic carbocycles. The third-order valence-corrected chi connectivity index (χ3v) is 6.78. The lowest BCUT2D eigenvalue weighted by molar-refractivity contribution is 0.0397. The van der Waals surface area contributed by atoms with Crippen molar-refractivity contribution < 1.29 is 23.7 Å². The van der Waals surface area contributed by atoms with Crippen molar-refractivity contribution in [3.63, 3.8) is 0 Å². The number of nitrogens with zero attached hydrogens (tertiary/aromatic N) is 1. The number of hydrogen-bond donors (Lipinski definition) is 0. The van der Waals surface area contributed by atoms with E-state index in [1.807, 2.05) is 31.2 Å². The number of carbonyl (C=O) groups is 1. The number of allylic oxidation sites excluding steroid dienone is 1. The fraction of sp³-hybridized carbons (Fsp3) is 0.423. The van der Waals surface area contributed by atoms with Gasteiger partial charge in [-0.2, -0.15) is 0 Å². The third kappa shape index (κ3) is 3.62. The zero-order valence-electron chi connectivity index (χ0n) is 18.9. The molecule has 2 heterocycles. The van der Waals surface area contributed by atoms with E-state index < -0.39 is 0 Å². The maximum atomic E-state index is 13.3. The van der Waals surface area contributed by atoms with Gasteiger partial charge in [-0.15, -0.1) is 0 Å². The van der Waals surface area contributed by atoms with Gasteiger partial charge in [0.15, 0.2) is 5.76 Å². The Morgan fingerprint density at radius 2 is 1.88 bits per heavy atom. The Morgan fingerprint density at radius 3 is 2.62 bits per heavy atom. The van der Waals surface area contributed by atoms with Gasteiger partial charge in [0.25, 0.3) is 0 Å².